The molecule has 0 radical (unpaired) electrons. The van der Waals surface area contributed by atoms with Crippen LogP contribution in [0.15, 0.2) is 18.3 Å². The Morgan fingerprint density at radius 2 is 2.27 bits per heavy atom. The molecule has 1 aromatic heterocycles. The third-order valence-electron chi connectivity index (χ3n) is 2.70. The summed E-state index contributed by atoms with van der Waals surface area (Å²) >= 11 is 0. The molecule has 0 aromatic carbocycles. The molecule has 1 fully saturated rings. The third-order valence-corrected chi connectivity index (χ3v) is 2.70. The van der Waals surface area contributed by atoms with Crippen molar-refractivity contribution in [2.24, 2.45) is 0 Å². The van der Waals surface area contributed by atoms with Gasteiger partial charge in [-0.15, -0.1) is 0 Å². The fourth-order valence-electron chi connectivity index (χ4n) is 1.58. The van der Waals surface area contributed by atoms with Gasteiger partial charge in [0.15, 0.2) is 0 Å². The zero-order valence-corrected chi connectivity index (χ0v) is 8.52. The van der Waals surface area contributed by atoms with Crippen molar-refractivity contribution < 1.29 is 9.90 Å². The molecule has 0 aliphatic carbocycles. The van der Waals surface area contributed by atoms with Gasteiger partial charge in [0.25, 0.3) is 0 Å². The van der Waals surface area contributed by atoms with E-state index >= 15 is 0 Å². The molecule has 1 N–H and O–H groups in total. The van der Waals surface area contributed by atoms with E-state index in [2.05, 4.69) is 9.88 Å². The minimum Gasteiger partial charge on any atom is -0.478 e. The quantitative estimate of drug-likeness (QED) is 0.799. The van der Waals surface area contributed by atoms with Gasteiger partial charge in [0.1, 0.15) is 0 Å². The van der Waals surface area contributed by atoms with Gasteiger partial charge in [0.2, 0.25) is 0 Å². The van der Waals surface area contributed by atoms with Gasteiger partial charge in [-0.3, -0.25) is 4.98 Å². The van der Waals surface area contributed by atoms with Crippen molar-refractivity contribution >= 4 is 5.97 Å². The van der Waals surface area contributed by atoms with Gasteiger partial charge < -0.3 is 10.0 Å². The van der Waals surface area contributed by atoms with E-state index in [9.17, 15) is 4.79 Å². The lowest BCUT2D eigenvalue weighted by Crippen LogP contribution is -2.38. The number of pyridine rings is 1. The maximum Gasteiger partial charge on any atom is 0.337 e. The molecule has 80 valence electrons. The summed E-state index contributed by atoms with van der Waals surface area (Å²) in [6.07, 6.45) is 3.62. The molecule has 1 aromatic rings. The number of hydrogen-bond donors (Lipinski definition) is 1. The van der Waals surface area contributed by atoms with E-state index in [0.29, 0.717) is 0 Å². The Hall–Kier alpha value is -1.42. The summed E-state index contributed by atoms with van der Waals surface area (Å²) in [5.41, 5.74) is 1.22. The zero-order chi connectivity index (χ0) is 10.7. The van der Waals surface area contributed by atoms with Crippen LogP contribution in [0.1, 0.15) is 22.5 Å². The first kappa shape index (κ1) is 10.1. The summed E-state index contributed by atoms with van der Waals surface area (Å²) in [6.45, 7) is 3.40. The Balaban J connectivity index is 1.88. The highest BCUT2D eigenvalue weighted by Gasteiger charge is 2.13. The molecule has 0 spiro atoms. The van der Waals surface area contributed by atoms with E-state index in [-0.39, 0.29) is 5.56 Å². The molecular formula is C11H14N2O2. The predicted octanol–water partition coefficient (Wildman–Crippen LogP) is 1.03. The van der Waals surface area contributed by atoms with Gasteiger partial charge in [-0.25, -0.2) is 4.79 Å². The van der Waals surface area contributed by atoms with E-state index in [4.69, 9.17) is 5.11 Å². The Labute approximate surface area is 88.6 Å². The highest BCUT2D eigenvalue weighted by atomic mass is 16.4. The SMILES string of the molecule is O=C(O)c1ccc(CCN2CCC2)nc1. The summed E-state index contributed by atoms with van der Waals surface area (Å²) in [7, 11) is 0. The van der Waals surface area contributed by atoms with Crippen LogP contribution in [0, 0.1) is 0 Å². The molecule has 2 rings (SSSR count). The summed E-state index contributed by atoms with van der Waals surface area (Å²) in [5, 5.41) is 8.69. The van der Waals surface area contributed by atoms with E-state index < -0.39 is 5.97 Å². The lowest BCUT2D eigenvalue weighted by Gasteiger charge is -2.30. The first-order valence-electron chi connectivity index (χ1n) is 5.16. The van der Waals surface area contributed by atoms with Crippen LogP contribution in [0.4, 0.5) is 0 Å². The molecule has 1 aliphatic heterocycles. The Morgan fingerprint density at radius 3 is 2.73 bits per heavy atom. The lowest BCUT2D eigenvalue weighted by atomic mass is 10.1. The van der Waals surface area contributed by atoms with Gasteiger partial charge in [0, 0.05) is 24.9 Å². The second-order valence-corrected chi connectivity index (χ2v) is 3.79. The van der Waals surface area contributed by atoms with Gasteiger partial charge in [-0.1, -0.05) is 0 Å². The molecule has 0 saturated carbocycles. The number of nitrogens with zero attached hydrogens (tertiary/aromatic N) is 2. The summed E-state index contributed by atoms with van der Waals surface area (Å²) in [5.74, 6) is -0.920. The van der Waals surface area contributed by atoms with Crippen LogP contribution in [0.2, 0.25) is 0 Å². The monoisotopic (exact) mass is 206 g/mol. The smallest absolute Gasteiger partial charge is 0.337 e. The fourth-order valence-corrected chi connectivity index (χ4v) is 1.58. The minimum atomic E-state index is -0.920. The van der Waals surface area contributed by atoms with Crippen LogP contribution in [-0.4, -0.2) is 40.6 Å². The van der Waals surface area contributed by atoms with Crippen molar-refractivity contribution in [3.05, 3.63) is 29.6 Å². The first-order chi connectivity index (χ1) is 7.25. The van der Waals surface area contributed by atoms with Crippen molar-refractivity contribution in [3.8, 4) is 0 Å². The number of rotatable bonds is 4. The Kier molecular flexibility index (Phi) is 2.97. The molecule has 2 heterocycles. The van der Waals surface area contributed by atoms with Crippen LogP contribution in [-0.2, 0) is 6.42 Å². The minimum absolute atomic E-state index is 0.253. The Morgan fingerprint density at radius 1 is 1.47 bits per heavy atom. The van der Waals surface area contributed by atoms with Crippen LogP contribution >= 0.6 is 0 Å². The van der Waals surface area contributed by atoms with Crippen LogP contribution in [0.3, 0.4) is 0 Å². The third kappa shape index (κ3) is 2.53. The maximum atomic E-state index is 10.6. The fraction of sp³-hybridized carbons (Fsp3) is 0.455. The van der Waals surface area contributed by atoms with Crippen molar-refractivity contribution in [1.29, 1.82) is 0 Å². The molecule has 1 saturated heterocycles. The highest BCUT2D eigenvalue weighted by molar-refractivity contribution is 5.87. The molecule has 4 heteroatoms. The van der Waals surface area contributed by atoms with Gasteiger partial charge in [-0.2, -0.15) is 0 Å². The molecule has 1 aliphatic rings. The standard InChI is InChI=1S/C11H14N2O2/c14-11(15)9-2-3-10(12-8-9)4-7-13-5-1-6-13/h2-3,8H,1,4-7H2,(H,14,15). The number of carboxylic acid groups (broad SMARTS) is 1. The average Bonchev–Trinajstić information content (AvgIpc) is 2.16. The summed E-state index contributed by atoms with van der Waals surface area (Å²) in [4.78, 5) is 17.1. The largest absolute Gasteiger partial charge is 0.478 e. The lowest BCUT2D eigenvalue weighted by molar-refractivity contribution is 0.0696. The van der Waals surface area contributed by atoms with Crippen molar-refractivity contribution in [2.45, 2.75) is 12.8 Å². The molecule has 4 nitrogen and oxygen atoms in total. The topological polar surface area (TPSA) is 53.4 Å². The second-order valence-electron chi connectivity index (χ2n) is 3.79. The molecular weight excluding hydrogens is 192 g/mol. The normalized spacial score (nSPS) is 16.0. The van der Waals surface area contributed by atoms with E-state index in [1.54, 1.807) is 12.1 Å². The van der Waals surface area contributed by atoms with Gasteiger partial charge >= 0.3 is 5.97 Å². The molecule has 0 amide bonds. The molecule has 0 atom stereocenters. The molecule has 0 unspecified atom stereocenters. The summed E-state index contributed by atoms with van der Waals surface area (Å²) < 4.78 is 0. The zero-order valence-electron chi connectivity index (χ0n) is 8.52. The van der Waals surface area contributed by atoms with Gasteiger partial charge in [0.05, 0.1) is 5.56 Å². The van der Waals surface area contributed by atoms with Crippen molar-refractivity contribution in [3.63, 3.8) is 0 Å². The number of carbonyl (C=O) groups is 1. The van der Waals surface area contributed by atoms with Crippen molar-refractivity contribution in [1.82, 2.24) is 9.88 Å². The number of aromatic carboxylic acids is 1. The maximum absolute atomic E-state index is 10.6. The number of aromatic nitrogens is 1. The predicted molar refractivity (Wildman–Crippen MR) is 56.0 cm³/mol. The first-order valence-corrected chi connectivity index (χ1v) is 5.16. The van der Waals surface area contributed by atoms with E-state index in [1.165, 1.54) is 25.7 Å². The van der Waals surface area contributed by atoms with Gasteiger partial charge in [-0.05, 0) is 31.6 Å². The number of carboxylic acids is 1. The van der Waals surface area contributed by atoms with E-state index in [1.807, 2.05) is 0 Å². The summed E-state index contributed by atoms with van der Waals surface area (Å²) in [6, 6.07) is 3.41. The van der Waals surface area contributed by atoms with Crippen LogP contribution in [0.25, 0.3) is 0 Å². The molecule has 0 bridgehead atoms. The second kappa shape index (κ2) is 4.40. The van der Waals surface area contributed by atoms with Crippen LogP contribution < -0.4 is 0 Å². The number of hydrogen-bond acceptors (Lipinski definition) is 3. The van der Waals surface area contributed by atoms with E-state index in [0.717, 1.165) is 18.7 Å². The highest BCUT2D eigenvalue weighted by Crippen LogP contribution is 2.07. The van der Waals surface area contributed by atoms with Crippen LogP contribution in [0.5, 0.6) is 0 Å². The average molecular weight is 206 g/mol. The Bertz CT molecular complexity index is 344. The van der Waals surface area contributed by atoms with Crippen molar-refractivity contribution in [2.75, 3.05) is 19.6 Å². The number of likely N-dealkylation sites (tertiary alicyclic amines) is 1. The molecule has 15 heavy (non-hydrogen) atoms.